The highest BCUT2D eigenvalue weighted by atomic mass is 32.2. The van der Waals surface area contributed by atoms with Crippen LogP contribution >= 0.6 is 11.8 Å². The zero-order valence-electron chi connectivity index (χ0n) is 9.50. The number of rotatable bonds is 3. The Labute approximate surface area is 87.2 Å². The lowest BCUT2D eigenvalue weighted by molar-refractivity contribution is 0.221. The van der Waals surface area contributed by atoms with Gasteiger partial charge in [0.25, 0.3) is 0 Å². The Morgan fingerprint density at radius 3 is 2.23 bits per heavy atom. The first kappa shape index (κ1) is 11.2. The number of hydrogen-bond donors (Lipinski definition) is 0. The van der Waals surface area contributed by atoms with Crippen LogP contribution in [0.2, 0.25) is 0 Å². The van der Waals surface area contributed by atoms with E-state index in [-0.39, 0.29) is 0 Å². The lowest BCUT2D eigenvalue weighted by Crippen LogP contribution is -2.36. The minimum absolute atomic E-state index is 0.457. The molecule has 0 fully saturated rings. The van der Waals surface area contributed by atoms with Gasteiger partial charge in [0, 0.05) is 10.7 Å². The predicted octanol–water partition coefficient (Wildman–Crippen LogP) is 4.32. The van der Waals surface area contributed by atoms with Crippen molar-refractivity contribution < 1.29 is 0 Å². The standard InChI is InChI=1S/C12H22S/c1-6-12(10(4)5)7-8-13-11(12)9(2)3/h7-11H,6H2,1-5H3. The average molecular weight is 198 g/mol. The molecule has 1 aliphatic rings. The SMILES string of the molecule is CCC1(C(C)C)C=CSC1C(C)C. The second-order valence-corrected chi connectivity index (χ2v) is 5.78. The summed E-state index contributed by atoms with van der Waals surface area (Å²) in [6, 6.07) is 0. The largest absolute Gasteiger partial charge is 0.130 e. The van der Waals surface area contributed by atoms with Crippen LogP contribution in [0, 0.1) is 17.3 Å². The molecule has 0 nitrogen and oxygen atoms in total. The quantitative estimate of drug-likeness (QED) is 0.650. The summed E-state index contributed by atoms with van der Waals surface area (Å²) in [5.41, 5.74) is 0.457. The first-order valence-electron chi connectivity index (χ1n) is 5.37. The Hall–Kier alpha value is 0.0900. The molecule has 0 spiro atoms. The van der Waals surface area contributed by atoms with Gasteiger partial charge in [-0.25, -0.2) is 0 Å². The van der Waals surface area contributed by atoms with Crippen molar-refractivity contribution in [1.82, 2.24) is 0 Å². The van der Waals surface area contributed by atoms with Gasteiger partial charge < -0.3 is 0 Å². The van der Waals surface area contributed by atoms with Crippen molar-refractivity contribution in [3.8, 4) is 0 Å². The molecular formula is C12H22S. The predicted molar refractivity (Wildman–Crippen MR) is 62.9 cm³/mol. The fraction of sp³-hybridized carbons (Fsp3) is 0.833. The molecular weight excluding hydrogens is 176 g/mol. The number of hydrogen-bond acceptors (Lipinski definition) is 1. The first-order chi connectivity index (χ1) is 6.04. The molecule has 1 heterocycles. The summed E-state index contributed by atoms with van der Waals surface area (Å²) in [6.07, 6.45) is 3.73. The summed E-state index contributed by atoms with van der Waals surface area (Å²) in [6.45, 7) is 11.7. The normalized spacial score (nSPS) is 33.6. The monoisotopic (exact) mass is 198 g/mol. The molecule has 0 saturated heterocycles. The Kier molecular flexibility index (Phi) is 3.50. The van der Waals surface area contributed by atoms with Crippen LogP contribution in [0.25, 0.3) is 0 Å². The van der Waals surface area contributed by atoms with Crippen LogP contribution < -0.4 is 0 Å². The third-order valence-electron chi connectivity index (χ3n) is 3.43. The van der Waals surface area contributed by atoms with Crippen LogP contribution in [-0.2, 0) is 0 Å². The fourth-order valence-electron chi connectivity index (χ4n) is 2.50. The maximum atomic E-state index is 2.45. The summed E-state index contributed by atoms with van der Waals surface area (Å²) < 4.78 is 0. The van der Waals surface area contributed by atoms with E-state index in [1.54, 1.807) is 0 Å². The molecule has 0 aromatic carbocycles. The third-order valence-corrected chi connectivity index (χ3v) is 5.00. The molecule has 0 bridgehead atoms. The lowest BCUT2D eigenvalue weighted by Gasteiger charge is -2.39. The molecule has 0 N–H and O–H groups in total. The van der Waals surface area contributed by atoms with Crippen molar-refractivity contribution in [2.45, 2.75) is 46.3 Å². The fourth-order valence-corrected chi connectivity index (χ4v) is 4.08. The molecule has 0 amide bonds. The summed E-state index contributed by atoms with van der Waals surface area (Å²) in [5, 5.41) is 3.10. The first-order valence-corrected chi connectivity index (χ1v) is 6.32. The van der Waals surface area contributed by atoms with Gasteiger partial charge in [0.15, 0.2) is 0 Å². The van der Waals surface area contributed by atoms with E-state index in [0.29, 0.717) is 5.41 Å². The molecule has 0 saturated carbocycles. The van der Waals surface area contributed by atoms with E-state index in [1.165, 1.54) is 6.42 Å². The highest BCUT2D eigenvalue weighted by molar-refractivity contribution is 8.03. The van der Waals surface area contributed by atoms with Crippen molar-refractivity contribution in [2.24, 2.45) is 17.3 Å². The minimum atomic E-state index is 0.457. The maximum Gasteiger partial charge on any atom is 0.0205 e. The summed E-state index contributed by atoms with van der Waals surface area (Å²) in [4.78, 5) is 0. The summed E-state index contributed by atoms with van der Waals surface area (Å²) in [5.74, 6) is 1.54. The Morgan fingerprint density at radius 2 is 1.92 bits per heavy atom. The second kappa shape index (κ2) is 4.08. The van der Waals surface area contributed by atoms with Gasteiger partial charge in [-0.15, -0.1) is 11.8 Å². The summed E-state index contributed by atoms with van der Waals surface area (Å²) >= 11 is 2.03. The molecule has 2 atom stereocenters. The zero-order valence-corrected chi connectivity index (χ0v) is 10.3. The average Bonchev–Trinajstić information content (AvgIpc) is 2.48. The van der Waals surface area contributed by atoms with Crippen LogP contribution in [0.3, 0.4) is 0 Å². The molecule has 76 valence electrons. The highest BCUT2D eigenvalue weighted by Crippen LogP contribution is 2.50. The lowest BCUT2D eigenvalue weighted by atomic mass is 9.69. The minimum Gasteiger partial charge on any atom is -0.130 e. The van der Waals surface area contributed by atoms with Gasteiger partial charge in [-0.05, 0) is 23.7 Å². The van der Waals surface area contributed by atoms with Gasteiger partial charge in [-0.3, -0.25) is 0 Å². The van der Waals surface area contributed by atoms with E-state index < -0.39 is 0 Å². The van der Waals surface area contributed by atoms with E-state index in [1.807, 2.05) is 11.8 Å². The smallest absolute Gasteiger partial charge is 0.0205 e. The number of thioether (sulfide) groups is 1. The molecule has 0 aliphatic carbocycles. The van der Waals surface area contributed by atoms with E-state index in [9.17, 15) is 0 Å². The Balaban J connectivity index is 2.89. The molecule has 0 aromatic heterocycles. The van der Waals surface area contributed by atoms with Gasteiger partial charge in [0.1, 0.15) is 0 Å². The highest BCUT2D eigenvalue weighted by Gasteiger charge is 2.42. The van der Waals surface area contributed by atoms with Gasteiger partial charge >= 0.3 is 0 Å². The van der Waals surface area contributed by atoms with Crippen molar-refractivity contribution in [3.05, 3.63) is 11.5 Å². The van der Waals surface area contributed by atoms with E-state index in [2.05, 4.69) is 46.1 Å². The van der Waals surface area contributed by atoms with Crippen LogP contribution in [0.5, 0.6) is 0 Å². The van der Waals surface area contributed by atoms with Crippen LogP contribution in [0.4, 0.5) is 0 Å². The van der Waals surface area contributed by atoms with Crippen molar-refractivity contribution in [1.29, 1.82) is 0 Å². The van der Waals surface area contributed by atoms with Crippen molar-refractivity contribution in [2.75, 3.05) is 0 Å². The molecule has 2 unspecified atom stereocenters. The zero-order chi connectivity index (χ0) is 10.1. The van der Waals surface area contributed by atoms with Gasteiger partial charge in [0.05, 0.1) is 0 Å². The number of allylic oxidation sites excluding steroid dienone is 1. The van der Waals surface area contributed by atoms with Gasteiger partial charge in [-0.1, -0.05) is 40.7 Å². The third kappa shape index (κ3) is 1.81. The van der Waals surface area contributed by atoms with E-state index in [0.717, 1.165) is 17.1 Å². The van der Waals surface area contributed by atoms with Crippen LogP contribution in [0.1, 0.15) is 41.0 Å². The maximum absolute atomic E-state index is 2.45. The molecule has 1 rings (SSSR count). The Morgan fingerprint density at radius 1 is 1.31 bits per heavy atom. The van der Waals surface area contributed by atoms with Crippen molar-refractivity contribution >= 4 is 11.8 Å². The van der Waals surface area contributed by atoms with Crippen LogP contribution in [0.15, 0.2) is 11.5 Å². The van der Waals surface area contributed by atoms with E-state index >= 15 is 0 Å². The summed E-state index contributed by atoms with van der Waals surface area (Å²) in [7, 11) is 0. The van der Waals surface area contributed by atoms with Crippen molar-refractivity contribution in [3.63, 3.8) is 0 Å². The topological polar surface area (TPSA) is 0 Å². The second-order valence-electron chi connectivity index (χ2n) is 4.72. The van der Waals surface area contributed by atoms with Gasteiger partial charge in [-0.2, -0.15) is 0 Å². The van der Waals surface area contributed by atoms with Gasteiger partial charge in [0.2, 0.25) is 0 Å². The molecule has 1 heteroatoms. The molecule has 0 radical (unpaired) electrons. The van der Waals surface area contributed by atoms with E-state index in [4.69, 9.17) is 0 Å². The van der Waals surface area contributed by atoms with Crippen LogP contribution in [-0.4, -0.2) is 5.25 Å². The molecule has 13 heavy (non-hydrogen) atoms. The molecule has 1 aliphatic heterocycles. The Bertz CT molecular complexity index is 193. The molecule has 0 aromatic rings.